The van der Waals surface area contributed by atoms with E-state index in [0.717, 1.165) is 0 Å². The molecule has 11 nitrogen and oxygen atoms in total. The molecular weight excluding hydrogens is 350 g/mol. The third-order valence-electron chi connectivity index (χ3n) is 4.26. The van der Waals surface area contributed by atoms with Crippen molar-refractivity contribution in [3.8, 4) is 0 Å². The molecule has 0 saturated carbocycles. The molecule has 0 aromatic carbocycles. The van der Waals surface area contributed by atoms with Crippen LogP contribution in [0.3, 0.4) is 0 Å². The van der Waals surface area contributed by atoms with Crippen molar-refractivity contribution >= 4 is 34.4 Å². The maximum atomic E-state index is 10.3. The highest BCUT2D eigenvalue weighted by atomic mass is 32.2. The Morgan fingerprint density at radius 3 is 2.68 bits per heavy atom. The topological polar surface area (TPSA) is 155 Å². The first-order valence-electron chi connectivity index (χ1n) is 7.51. The molecule has 1 unspecified atom stereocenters. The van der Waals surface area contributed by atoms with Gasteiger partial charge in [-0.15, -0.1) is 0 Å². The molecule has 5 N–H and O–H groups in total. The Morgan fingerprint density at radius 2 is 2.04 bits per heavy atom. The van der Waals surface area contributed by atoms with E-state index in [1.54, 1.807) is 7.05 Å². The zero-order chi connectivity index (χ0) is 17.9. The van der Waals surface area contributed by atoms with Gasteiger partial charge in [0.2, 0.25) is 0 Å². The van der Waals surface area contributed by atoms with Crippen LogP contribution in [-0.2, 0) is 4.74 Å². The van der Waals surface area contributed by atoms with E-state index in [2.05, 4.69) is 20.2 Å². The van der Waals surface area contributed by atoms with Crippen molar-refractivity contribution < 1.29 is 20.1 Å². The Labute approximate surface area is 146 Å². The van der Waals surface area contributed by atoms with Crippen LogP contribution < -0.4 is 10.7 Å². The number of nitrogens with two attached hydrogens (primary N) is 1. The molecule has 4 atom stereocenters. The lowest BCUT2D eigenvalue weighted by Crippen LogP contribution is -2.33. The summed E-state index contributed by atoms with van der Waals surface area (Å²) in [7, 11) is 1.71. The van der Waals surface area contributed by atoms with Gasteiger partial charge in [0.05, 0.1) is 12.0 Å². The molecule has 0 bridgehead atoms. The van der Waals surface area contributed by atoms with E-state index in [1.165, 1.54) is 21.5 Å². The number of aliphatic hydroxyl groups is 3. The molecule has 2 aliphatic rings. The minimum Gasteiger partial charge on any atom is -0.394 e. The lowest BCUT2D eigenvalue weighted by atomic mass is 10.1. The van der Waals surface area contributed by atoms with E-state index in [0.29, 0.717) is 27.7 Å². The average molecular weight is 367 g/mol. The molecule has 4 rings (SSSR count). The zero-order valence-electron chi connectivity index (χ0n) is 13.4. The molecule has 0 radical (unpaired) electrons. The summed E-state index contributed by atoms with van der Waals surface area (Å²) in [5.41, 5.74) is 6.76. The molecule has 0 aliphatic carbocycles. The monoisotopic (exact) mass is 367 g/mol. The van der Waals surface area contributed by atoms with Crippen molar-refractivity contribution in [2.75, 3.05) is 24.9 Å². The van der Waals surface area contributed by atoms with Crippen LogP contribution in [0.25, 0.3) is 11.0 Å². The lowest BCUT2D eigenvalue weighted by molar-refractivity contribution is -0.0567. The number of anilines is 1. The number of hydrazone groups is 1. The van der Waals surface area contributed by atoms with Gasteiger partial charge < -0.3 is 25.8 Å². The normalized spacial score (nSPS) is 28.7. The molecule has 0 amide bonds. The summed E-state index contributed by atoms with van der Waals surface area (Å²) in [6, 6.07) is 0. The number of hydrogen-bond acceptors (Lipinski definition) is 11. The van der Waals surface area contributed by atoms with Gasteiger partial charge in [0.1, 0.15) is 24.0 Å². The van der Waals surface area contributed by atoms with Crippen molar-refractivity contribution in [1.29, 1.82) is 0 Å². The van der Waals surface area contributed by atoms with Crippen LogP contribution in [0.2, 0.25) is 0 Å². The highest BCUT2D eigenvalue weighted by molar-refractivity contribution is 7.98. The molecule has 12 heteroatoms. The molecule has 2 aliphatic heterocycles. The maximum absolute atomic E-state index is 10.3. The van der Waals surface area contributed by atoms with Crippen LogP contribution >= 0.6 is 11.8 Å². The number of aliphatic hydroxyl groups excluding tert-OH is 3. The molecule has 0 spiro atoms. The van der Waals surface area contributed by atoms with E-state index in [4.69, 9.17) is 10.5 Å². The average Bonchev–Trinajstić information content (AvgIpc) is 3.12. The minimum atomic E-state index is -1.28. The summed E-state index contributed by atoms with van der Waals surface area (Å²) in [4.78, 5) is 8.90. The van der Waals surface area contributed by atoms with Gasteiger partial charge in [-0.1, -0.05) is 11.8 Å². The van der Waals surface area contributed by atoms with Gasteiger partial charge in [0.25, 0.3) is 0 Å². The third kappa shape index (κ3) is 2.29. The second-order valence-electron chi connectivity index (χ2n) is 5.76. The molecular formula is C13H17N7O4S. The summed E-state index contributed by atoms with van der Waals surface area (Å²) in [5.74, 6) is 0.725. The van der Waals surface area contributed by atoms with E-state index >= 15 is 0 Å². The Kier molecular flexibility index (Phi) is 3.81. The number of ether oxygens (including phenoxy) is 1. The van der Waals surface area contributed by atoms with Gasteiger partial charge in [-0.25, -0.2) is 19.7 Å². The smallest absolute Gasteiger partial charge is 0.191 e. The van der Waals surface area contributed by atoms with Crippen molar-refractivity contribution in [3.63, 3.8) is 0 Å². The first-order chi connectivity index (χ1) is 12.0. The second-order valence-corrected chi connectivity index (χ2v) is 6.54. The molecule has 25 heavy (non-hydrogen) atoms. The zero-order valence-corrected chi connectivity index (χ0v) is 14.3. The Morgan fingerprint density at radius 1 is 1.28 bits per heavy atom. The van der Waals surface area contributed by atoms with Crippen LogP contribution in [-0.4, -0.2) is 79.1 Å². The Bertz CT molecular complexity index is 872. The second kappa shape index (κ2) is 5.78. The predicted octanol–water partition coefficient (Wildman–Crippen LogP) is -1.77. The number of amidine groups is 1. The largest absolute Gasteiger partial charge is 0.394 e. The van der Waals surface area contributed by atoms with Gasteiger partial charge in [0, 0.05) is 7.05 Å². The lowest BCUT2D eigenvalue weighted by Gasteiger charge is -2.18. The van der Waals surface area contributed by atoms with Crippen molar-refractivity contribution in [1.82, 2.24) is 19.7 Å². The SMILES string of the molecule is CSc1nc2c3c(nn(C4O[C@H](CO)[C@@H](O)[C@H]4O)c3n1)C(N)=NN2C. The summed E-state index contributed by atoms with van der Waals surface area (Å²) < 4.78 is 6.93. The molecule has 134 valence electrons. The summed E-state index contributed by atoms with van der Waals surface area (Å²) in [6.07, 6.45) is -2.61. The number of rotatable bonds is 3. The van der Waals surface area contributed by atoms with Crippen LogP contribution in [0, 0.1) is 0 Å². The van der Waals surface area contributed by atoms with Crippen LogP contribution in [0.5, 0.6) is 0 Å². The highest BCUT2D eigenvalue weighted by Crippen LogP contribution is 2.36. The quantitative estimate of drug-likeness (QED) is 0.362. The van der Waals surface area contributed by atoms with Crippen LogP contribution in [0.15, 0.2) is 10.3 Å². The fraction of sp³-hybridized carbons (Fsp3) is 0.538. The van der Waals surface area contributed by atoms with Gasteiger partial charge >= 0.3 is 0 Å². The summed E-state index contributed by atoms with van der Waals surface area (Å²) in [6.45, 7) is -0.427. The van der Waals surface area contributed by atoms with E-state index in [9.17, 15) is 15.3 Å². The van der Waals surface area contributed by atoms with E-state index < -0.39 is 31.1 Å². The number of hydrogen-bond donors (Lipinski definition) is 4. The molecule has 2 aromatic rings. The Hall–Kier alpha value is -1.99. The predicted molar refractivity (Wildman–Crippen MR) is 89.2 cm³/mol. The number of aromatic nitrogens is 4. The molecule has 1 fully saturated rings. The van der Waals surface area contributed by atoms with Gasteiger partial charge in [-0.05, 0) is 6.26 Å². The third-order valence-corrected chi connectivity index (χ3v) is 4.81. The van der Waals surface area contributed by atoms with Crippen molar-refractivity contribution in [2.24, 2.45) is 10.8 Å². The maximum Gasteiger partial charge on any atom is 0.191 e. The van der Waals surface area contributed by atoms with Gasteiger partial charge in [-0.3, -0.25) is 0 Å². The number of thioether (sulfide) groups is 1. The number of nitrogens with zero attached hydrogens (tertiary/aromatic N) is 6. The molecule has 4 heterocycles. The van der Waals surface area contributed by atoms with Crippen LogP contribution in [0.4, 0.5) is 5.82 Å². The molecule has 2 aromatic heterocycles. The first kappa shape index (κ1) is 16.5. The van der Waals surface area contributed by atoms with E-state index in [1.807, 2.05) is 6.26 Å². The van der Waals surface area contributed by atoms with Crippen LogP contribution in [0.1, 0.15) is 11.9 Å². The summed E-state index contributed by atoms with van der Waals surface area (Å²) in [5, 5.41) is 40.8. The standard InChI is InChI=1S/C13H17N7O4S/c1-19-10-5-6(9(14)18-19)17-20(11(5)16-13(15-10)25-2)12-8(23)7(22)4(3-21)24-12/h4,7-8,12,21-23H,3H2,1-2H3,(H2,14,18)/t4-,7-,8-,12?/m1/s1. The van der Waals surface area contributed by atoms with Gasteiger partial charge in [-0.2, -0.15) is 10.2 Å². The van der Waals surface area contributed by atoms with Crippen molar-refractivity contribution in [3.05, 3.63) is 5.69 Å². The van der Waals surface area contributed by atoms with Gasteiger partial charge in [0.15, 0.2) is 28.7 Å². The molecule has 1 saturated heterocycles. The fourth-order valence-corrected chi connectivity index (χ4v) is 3.38. The fourth-order valence-electron chi connectivity index (χ4n) is 3.02. The summed E-state index contributed by atoms with van der Waals surface area (Å²) >= 11 is 1.34. The Balaban J connectivity index is 1.93. The first-order valence-corrected chi connectivity index (χ1v) is 8.73. The minimum absolute atomic E-state index is 0.186. The van der Waals surface area contributed by atoms with Crippen molar-refractivity contribution in [2.45, 2.75) is 29.7 Å². The van der Waals surface area contributed by atoms with E-state index in [-0.39, 0.29) is 5.84 Å². The highest BCUT2D eigenvalue weighted by Gasteiger charge is 2.45.